The Bertz CT molecular complexity index is 249. The molecule has 0 atom stereocenters. The lowest BCUT2D eigenvalue weighted by molar-refractivity contribution is -0.173. The van der Waals surface area contributed by atoms with E-state index in [1.54, 1.807) is 0 Å². The third-order valence-corrected chi connectivity index (χ3v) is 1.74. The van der Waals surface area contributed by atoms with Gasteiger partial charge in [-0.25, -0.2) is 5.09 Å². The SMILES string of the molecule is NP(N)(=O)NCCNC(=O)C(F)(F)F. The number of nitrogens with two attached hydrogens (primary N) is 2. The van der Waals surface area contributed by atoms with Crippen LogP contribution in [-0.2, 0) is 9.36 Å². The maximum atomic E-state index is 11.6. The number of hydrogen-bond acceptors (Lipinski definition) is 2. The van der Waals surface area contributed by atoms with Gasteiger partial charge in [0.2, 0.25) is 0 Å². The van der Waals surface area contributed by atoms with Gasteiger partial charge in [0.05, 0.1) is 0 Å². The molecule has 0 aliphatic heterocycles. The first-order chi connectivity index (χ1) is 6.13. The van der Waals surface area contributed by atoms with Crippen molar-refractivity contribution in [3.05, 3.63) is 0 Å². The number of carbonyl (C=O) groups excluding carboxylic acids is 1. The van der Waals surface area contributed by atoms with Crippen LogP contribution < -0.4 is 21.4 Å². The van der Waals surface area contributed by atoms with Crippen molar-refractivity contribution >= 4 is 13.5 Å². The molecule has 0 radical (unpaired) electrons. The lowest BCUT2D eigenvalue weighted by Gasteiger charge is -2.10. The van der Waals surface area contributed by atoms with Crippen molar-refractivity contribution < 1.29 is 22.5 Å². The minimum atomic E-state index is -4.92. The number of nitrogens with one attached hydrogen (secondary N) is 2. The van der Waals surface area contributed by atoms with Crippen LogP contribution in [0.1, 0.15) is 0 Å². The molecule has 0 saturated heterocycles. The van der Waals surface area contributed by atoms with Crippen LogP contribution in [0.4, 0.5) is 13.2 Å². The summed E-state index contributed by atoms with van der Waals surface area (Å²) in [7, 11) is -3.45. The Kier molecular flexibility index (Phi) is 4.53. The van der Waals surface area contributed by atoms with Gasteiger partial charge in [0, 0.05) is 13.1 Å². The molecular weight excluding hydrogens is 224 g/mol. The van der Waals surface area contributed by atoms with E-state index in [0.29, 0.717) is 0 Å². The molecule has 14 heavy (non-hydrogen) atoms. The molecule has 0 aliphatic rings. The second-order valence-electron chi connectivity index (χ2n) is 2.37. The predicted molar refractivity (Wildman–Crippen MR) is 43.0 cm³/mol. The van der Waals surface area contributed by atoms with Gasteiger partial charge in [-0.05, 0) is 0 Å². The van der Waals surface area contributed by atoms with Crippen LogP contribution >= 0.6 is 7.59 Å². The molecule has 1 amide bonds. The highest BCUT2D eigenvalue weighted by molar-refractivity contribution is 7.56. The molecule has 0 heterocycles. The van der Waals surface area contributed by atoms with E-state index in [-0.39, 0.29) is 13.1 Å². The smallest absolute Gasteiger partial charge is 0.347 e. The van der Waals surface area contributed by atoms with E-state index in [2.05, 4.69) is 5.09 Å². The Hall–Kier alpha value is -0.630. The molecule has 0 fully saturated rings. The van der Waals surface area contributed by atoms with Crippen LogP contribution in [0.5, 0.6) is 0 Å². The fourth-order valence-electron chi connectivity index (χ4n) is 0.507. The van der Waals surface area contributed by atoms with Gasteiger partial charge in [-0.3, -0.25) is 20.4 Å². The molecule has 84 valence electrons. The molecular formula is C4H10F3N4O2P. The average molecular weight is 234 g/mol. The van der Waals surface area contributed by atoms with Crippen LogP contribution in [0.15, 0.2) is 0 Å². The first kappa shape index (κ1) is 13.4. The van der Waals surface area contributed by atoms with Crippen molar-refractivity contribution in [2.24, 2.45) is 11.0 Å². The predicted octanol–water partition coefficient (Wildman–Crippen LogP) is -0.720. The molecule has 0 bridgehead atoms. The van der Waals surface area contributed by atoms with Gasteiger partial charge in [0.25, 0.3) is 7.59 Å². The summed E-state index contributed by atoms with van der Waals surface area (Å²) < 4.78 is 45.3. The second kappa shape index (κ2) is 4.74. The van der Waals surface area contributed by atoms with Crippen molar-refractivity contribution in [2.75, 3.05) is 13.1 Å². The molecule has 0 aromatic rings. The number of alkyl halides is 3. The average Bonchev–Trinajstić information content (AvgIpc) is 1.93. The Morgan fingerprint density at radius 1 is 1.29 bits per heavy atom. The summed E-state index contributed by atoms with van der Waals surface area (Å²) in [6.07, 6.45) is -4.92. The van der Waals surface area contributed by atoms with Gasteiger partial charge in [-0.15, -0.1) is 0 Å². The minimum absolute atomic E-state index is 0.202. The molecule has 0 spiro atoms. The Balaban J connectivity index is 3.67. The maximum Gasteiger partial charge on any atom is 0.471 e. The van der Waals surface area contributed by atoms with Gasteiger partial charge in [-0.2, -0.15) is 13.2 Å². The van der Waals surface area contributed by atoms with Gasteiger partial charge in [0.1, 0.15) is 0 Å². The summed E-state index contributed by atoms with van der Waals surface area (Å²) in [5.41, 5.74) is 9.65. The Morgan fingerprint density at radius 3 is 2.14 bits per heavy atom. The van der Waals surface area contributed by atoms with E-state index < -0.39 is 19.7 Å². The Morgan fingerprint density at radius 2 is 1.79 bits per heavy atom. The van der Waals surface area contributed by atoms with Crippen molar-refractivity contribution in [2.45, 2.75) is 6.18 Å². The van der Waals surface area contributed by atoms with Crippen molar-refractivity contribution in [1.29, 1.82) is 0 Å². The third-order valence-electron chi connectivity index (χ3n) is 1.03. The fraction of sp³-hybridized carbons (Fsp3) is 0.750. The molecule has 0 aromatic heterocycles. The zero-order valence-electron chi connectivity index (χ0n) is 6.97. The minimum Gasteiger partial charge on any atom is -0.347 e. The molecule has 0 unspecified atom stereocenters. The van der Waals surface area contributed by atoms with E-state index in [9.17, 15) is 22.5 Å². The summed E-state index contributed by atoms with van der Waals surface area (Å²) in [5, 5.41) is 3.59. The van der Waals surface area contributed by atoms with Crippen molar-refractivity contribution in [1.82, 2.24) is 10.4 Å². The summed E-state index contributed by atoms with van der Waals surface area (Å²) in [5.74, 6) is -2.07. The lowest BCUT2D eigenvalue weighted by Crippen LogP contribution is -2.40. The van der Waals surface area contributed by atoms with Crippen LogP contribution in [0.3, 0.4) is 0 Å². The zero-order valence-corrected chi connectivity index (χ0v) is 7.86. The van der Waals surface area contributed by atoms with E-state index >= 15 is 0 Å². The highest BCUT2D eigenvalue weighted by atomic mass is 31.2. The van der Waals surface area contributed by atoms with E-state index in [1.807, 2.05) is 0 Å². The Labute approximate surface area is 77.7 Å². The third kappa shape index (κ3) is 6.84. The fourth-order valence-corrected chi connectivity index (χ4v) is 0.968. The maximum absolute atomic E-state index is 11.6. The van der Waals surface area contributed by atoms with E-state index in [0.717, 1.165) is 0 Å². The monoisotopic (exact) mass is 234 g/mol. The molecule has 0 aliphatic carbocycles. The summed E-state index contributed by atoms with van der Waals surface area (Å²) in [4.78, 5) is 10.2. The number of halogens is 3. The van der Waals surface area contributed by atoms with Crippen LogP contribution in [0, 0.1) is 0 Å². The van der Waals surface area contributed by atoms with Crippen LogP contribution in [-0.4, -0.2) is 25.2 Å². The van der Waals surface area contributed by atoms with Crippen LogP contribution in [0.2, 0.25) is 0 Å². The molecule has 0 rings (SSSR count). The number of hydrogen-bond donors (Lipinski definition) is 4. The number of amides is 1. The molecule has 6 nitrogen and oxygen atoms in total. The normalized spacial score (nSPS) is 12.6. The zero-order chi connectivity index (χ0) is 11.4. The first-order valence-corrected chi connectivity index (χ1v) is 5.25. The summed E-state index contributed by atoms with van der Waals surface area (Å²) in [6.45, 7) is -0.567. The van der Waals surface area contributed by atoms with Crippen molar-refractivity contribution in [3.8, 4) is 0 Å². The molecule has 6 N–H and O–H groups in total. The number of carbonyl (C=O) groups is 1. The summed E-state index contributed by atoms with van der Waals surface area (Å²) in [6, 6.07) is 0. The van der Waals surface area contributed by atoms with Gasteiger partial charge < -0.3 is 5.32 Å². The molecule has 0 saturated carbocycles. The molecule has 10 heteroatoms. The van der Waals surface area contributed by atoms with Gasteiger partial charge >= 0.3 is 12.1 Å². The van der Waals surface area contributed by atoms with E-state index in [1.165, 1.54) is 5.32 Å². The van der Waals surface area contributed by atoms with Crippen molar-refractivity contribution in [3.63, 3.8) is 0 Å². The lowest BCUT2D eigenvalue weighted by atomic mass is 10.5. The number of rotatable bonds is 4. The standard InChI is InChI=1S/C4H10F3N4O2P/c5-4(6,7)3(12)10-1-2-11-14(8,9)13/h1-2H2,(H,10,12)(H5,8,9,11,13). The largest absolute Gasteiger partial charge is 0.471 e. The van der Waals surface area contributed by atoms with E-state index in [4.69, 9.17) is 11.0 Å². The van der Waals surface area contributed by atoms with Gasteiger partial charge in [0.15, 0.2) is 0 Å². The molecule has 0 aromatic carbocycles. The highest BCUT2D eigenvalue weighted by Gasteiger charge is 2.38. The summed E-state index contributed by atoms with van der Waals surface area (Å²) >= 11 is 0. The highest BCUT2D eigenvalue weighted by Crippen LogP contribution is 2.16. The second-order valence-corrected chi connectivity index (χ2v) is 4.11. The first-order valence-electron chi connectivity index (χ1n) is 3.40. The van der Waals surface area contributed by atoms with Gasteiger partial charge in [-0.1, -0.05) is 0 Å². The van der Waals surface area contributed by atoms with Crippen LogP contribution in [0.25, 0.3) is 0 Å². The topological polar surface area (TPSA) is 110 Å². The quantitative estimate of drug-likeness (QED) is 0.379.